The SMILES string of the molecule is CCCCCCC1CCC(c2ccc3c(F)c(C#Cc4cc(F)c(OC(F)(F)F)c(F)c4)ccc3c2)CC1. The van der Waals surface area contributed by atoms with Crippen LogP contribution in [-0.4, -0.2) is 6.36 Å². The lowest BCUT2D eigenvalue weighted by Crippen LogP contribution is -2.19. The first kappa shape index (κ1) is 27.9. The largest absolute Gasteiger partial charge is 0.573 e. The van der Waals surface area contributed by atoms with Gasteiger partial charge in [-0.2, -0.15) is 0 Å². The number of hydrogen-bond donors (Lipinski definition) is 0. The first-order chi connectivity index (χ1) is 18.1. The molecule has 1 aliphatic rings. The van der Waals surface area contributed by atoms with E-state index in [1.54, 1.807) is 12.1 Å². The summed E-state index contributed by atoms with van der Waals surface area (Å²) in [6, 6.07) is 10.2. The molecule has 1 aliphatic carbocycles. The maximum absolute atomic E-state index is 15.2. The van der Waals surface area contributed by atoms with E-state index in [9.17, 15) is 22.0 Å². The van der Waals surface area contributed by atoms with Crippen LogP contribution in [0.3, 0.4) is 0 Å². The minimum absolute atomic E-state index is 0.0188. The van der Waals surface area contributed by atoms with Gasteiger partial charge in [0.15, 0.2) is 11.6 Å². The smallest absolute Gasteiger partial charge is 0.399 e. The molecule has 0 spiro atoms. The van der Waals surface area contributed by atoms with E-state index in [0.717, 1.165) is 24.1 Å². The summed E-state index contributed by atoms with van der Waals surface area (Å²) in [6.45, 7) is 2.22. The molecule has 0 heterocycles. The molecule has 0 aromatic heterocycles. The van der Waals surface area contributed by atoms with E-state index in [4.69, 9.17) is 0 Å². The molecule has 3 aromatic carbocycles. The fourth-order valence-corrected chi connectivity index (χ4v) is 5.29. The maximum Gasteiger partial charge on any atom is 0.573 e. The molecule has 38 heavy (non-hydrogen) atoms. The van der Waals surface area contributed by atoms with Crippen LogP contribution in [0.5, 0.6) is 5.75 Å². The monoisotopic (exact) mass is 532 g/mol. The topological polar surface area (TPSA) is 9.23 Å². The molecule has 1 saturated carbocycles. The zero-order valence-corrected chi connectivity index (χ0v) is 21.2. The quantitative estimate of drug-likeness (QED) is 0.167. The summed E-state index contributed by atoms with van der Waals surface area (Å²) >= 11 is 0. The lowest BCUT2D eigenvalue weighted by molar-refractivity contribution is -0.276. The number of rotatable bonds is 7. The van der Waals surface area contributed by atoms with Gasteiger partial charge in [0.1, 0.15) is 5.82 Å². The second-order valence-corrected chi connectivity index (χ2v) is 10.0. The van der Waals surface area contributed by atoms with Gasteiger partial charge in [0.2, 0.25) is 5.75 Å². The van der Waals surface area contributed by atoms with Crippen molar-refractivity contribution in [1.82, 2.24) is 0 Å². The van der Waals surface area contributed by atoms with Crippen molar-refractivity contribution >= 4 is 10.8 Å². The zero-order chi connectivity index (χ0) is 27.3. The van der Waals surface area contributed by atoms with Gasteiger partial charge in [-0.25, -0.2) is 13.2 Å². The van der Waals surface area contributed by atoms with Gasteiger partial charge in [-0.05, 0) is 66.7 Å². The summed E-state index contributed by atoms with van der Waals surface area (Å²) in [6.07, 6.45) is 5.97. The number of benzene rings is 3. The molecule has 0 aliphatic heterocycles. The molecule has 0 atom stereocenters. The number of ether oxygens (including phenoxy) is 1. The van der Waals surface area contributed by atoms with Crippen molar-refractivity contribution in [3.8, 4) is 17.6 Å². The molecule has 3 aromatic rings. The summed E-state index contributed by atoms with van der Waals surface area (Å²) in [5.74, 6) is 0.990. The van der Waals surface area contributed by atoms with Crippen molar-refractivity contribution in [2.45, 2.75) is 77.0 Å². The van der Waals surface area contributed by atoms with E-state index in [-0.39, 0.29) is 11.1 Å². The minimum Gasteiger partial charge on any atom is -0.399 e. The second-order valence-electron chi connectivity index (χ2n) is 10.0. The lowest BCUT2D eigenvalue weighted by Gasteiger charge is -2.29. The highest BCUT2D eigenvalue weighted by Crippen LogP contribution is 2.39. The van der Waals surface area contributed by atoms with Crippen molar-refractivity contribution in [2.24, 2.45) is 5.92 Å². The zero-order valence-electron chi connectivity index (χ0n) is 21.2. The van der Waals surface area contributed by atoms with Crippen LogP contribution in [0.15, 0.2) is 42.5 Å². The van der Waals surface area contributed by atoms with Crippen molar-refractivity contribution < 1.29 is 31.1 Å². The third-order valence-electron chi connectivity index (χ3n) is 7.32. The van der Waals surface area contributed by atoms with Gasteiger partial charge in [-0.1, -0.05) is 75.1 Å². The molecule has 0 unspecified atom stereocenters. The Bertz CT molecular complexity index is 1300. The summed E-state index contributed by atoms with van der Waals surface area (Å²) < 4.78 is 83.4. The number of unbranched alkanes of at least 4 members (excludes halogenated alkanes) is 3. The van der Waals surface area contributed by atoms with Crippen LogP contribution in [0.2, 0.25) is 0 Å². The highest BCUT2D eigenvalue weighted by Gasteiger charge is 2.34. The van der Waals surface area contributed by atoms with Gasteiger partial charge in [-0.3, -0.25) is 0 Å². The molecule has 4 rings (SSSR count). The fourth-order valence-electron chi connectivity index (χ4n) is 5.29. The van der Waals surface area contributed by atoms with Crippen LogP contribution < -0.4 is 4.74 Å². The molecule has 7 heteroatoms. The summed E-state index contributed by atoms with van der Waals surface area (Å²) in [7, 11) is 0. The summed E-state index contributed by atoms with van der Waals surface area (Å²) in [5, 5.41) is 1.13. The average molecular weight is 533 g/mol. The Kier molecular flexibility index (Phi) is 8.91. The Hall–Kier alpha value is -3.14. The van der Waals surface area contributed by atoms with Crippen LogP contribution in [-0.2, 0) is 0 Å². The standard InChI is InChI=1S/C31H30F6O/c1-2-3-4-5-6-20-7-10-22(11-8-20)24-15-16-26-25(19-24)14-13-23(29(26)34)12-9-21-17-27(32)30(28(33)18-21)38-31(35,36)37/h13-20,22H,2-8,10-11H2,1H3. The second kappa shape index (κ2) is 12.1. The van der Waals surface area contributed by atoms with Gasteiger partial charge in [-0.15, -0.1) is 13.2 Å². The van der Waals surface area contributed by atoms with Crippen molar-refractivity contribution in [2.75, 3.05) is 0 Å². The molecule has 0 saturated heterocycles. The van der Waals surface area contributed by atoms with Crippen LogP contribution in [0.1, 0.15) is 87.3 Å². The highest BCUT2D eigenvalue weighted by atomic mass is 19.4. The Morgan fingerprint density at radius 1 is 0.842 bits per heavy atom. The van der Waals surface area contributed by atoms with E-state index in [1.807, 2.05) is 12.1 Å². The normalized spacial score (nSPS) is 17.8. The third-order valence-corrected chi connectivity index (χ3v) is 7.32. The molecule has 0 radical (unpaired) electrons. The van der Waals surface area contributed by atoms with E-state index < -0.39 is 29.6 Å². The molecule has 0 bridgehead atoms. The Labute approximate surface area is 219 Å². The minimum atomic E-state index is -5.24. The van der Waals surface area contributed by atoms with Gasteiger partial charge >= 0.3 is 6.36 Å². The Morgan fingerprint density at radius 2 is 1.55 bits per heavy atom. The van der Waals surface area contributed by atoms with Crippen LogP contribution in [0, 0.1) is 35.2 Å². The molecule has 0 N–H and O–H groups in total. The number of alkyl halides is 3. The Morgan fingerprint density at radius 3 is 2.21 bits per heavy atom. The van der Waals surface area contributed by atoms with Crippen molar-refractivity contribution in [3.63, 3.8) is 0 Å². The lowest BCUT2D eigenvalue weighted by atomic mass is 9.76. The van der Waals surface area contributed by atoms with E-state index in [0.29, 0.717) is 23.4 Å². The van der Waals surface area contributed by atoms with Crippen molar-refractivity contribution in [3.05, 3.63) is 76.6 Å². The van der Waals surface area contributed by atoms with E-state index in [2.05, 4.69) is 23.5 Å². The third kappa shape index (κ3) is 7.03. The van der Waals surface area contributed by atoms with Gasteiger partial charge < -0.3 is 4.74 Å². The van der Waals surface area contributed by atoms with Crippen LogP contribution in [0.25, 0.3) is 10.8 Å². The van der Waals surface area contributed by atoms with Gasteiger partial charge in [0.25, 0.3) is 0 Å². The molecule has 1 fully saturated rings. The van der Waals surface area contributed by atoms with E-state index >= 15 is 4.39 Å². The molecule has 1 nitrogen and oxygen atoms in total. The molecule has 202 valence electrons. The maximum atomic E-state index is 15.2. The fraction of sp³-hybridized carbons (Fsp3) is 0.419. The average Bonchev–Trinajstić information content (AvgIpc) is 2.88. The predicted molar refractivity (Wildman–Crippen MR) is 136 cm³/mol. The number of hydrogen-bond acceptors (Lipinski definition) is 1. The molecular weight excluding hydrogens is 502 g/mol. The predicted octanol–water partition coefficient (Wildman–Crippen LogP) is 9.80. The Balaban J connectivity index is 1.46. The van der Waals surface area contributed by atoms with Gasteiger partial charge in [0, 0.05) is 10.9 Å². The first-order valence-corrected chi connectivity index (χ1v) is 13.1. The summed E-state index contributed by atoms with van der Waals surface area (Å²) in [4.78, 5) is 0. The molecule has 0 amide bonds. The number of halogens is 6. The van der Waals surface area contributed by atoms with Crippen LogP contribution >= 0.6 is 0 Å². The van der Waals surface area contributed by atoms with Crippen molar-refractivity contribution in [1.29, 1.82) is 0 Å². The van der Waals surface area contributed by atoms with E-state index in [1.165, 1.54) is 56.6 Å². The molecular formula is C31H30F6O. The number of fused-ring (bicyclic) bond motifs is 1. The first-order valence-electron chi connectivity index (χ1n) is 13.1. The summed E-state index contributed by atoms with van der Waals surface area (Å²) in [5.41, 5.74) is 0.975. The van der Waals surface area contributed by atoms with Gasteiger partial charge in [0.05, 0.1) is 5.56 Å². The van der Waals surface area contributed by atoms with Crippen LogP contribution in [0.4, 0.5) is 26.3 Å². The highest BCUT2D eigenvalue weighted by molar-refractivity contribution is 5.85.